The van der Waals surface area contributed by atoms with E-state index in [0.717, 1.165) is 17.9 Å². The molecule has 0 heterocycles. The number of halogens is 2. The van der Waals surface area contributed by atoms with Crippen LogP contribution in [0.25, 0.3) is 0 Å². The van der Waals surface area contributed by atoms with Crippen molar-refractivity contribution in [2.75, 3.05) is 23.4 Å². The van der Waals surface area contributed by atoms with Crippen LogP contribution in [-0.2, 0) is 0 Å². The fraction of sp³-hybridized carbons (Fsp3) is 0.455. The third-order valence-corrected chi connectivity index (χ3v) is 3.93. The summed E-state index contributed by atoms with van der Waals surface area (Å²) in [5, 5.41) is 14.4. The van der Waals surface area contributed by atoms with Gasteiger partial charge < -0.3 is 5.32 Å². The van der Waals surface area contributed by atoms with Gasteiger partial charge in [-0.1, -0.05) is 30.1 Å². The molecule has 1 aromatic rings. The first-order valence-corrected chi connectivity index (χ1v) is 7.42. The maximum Gasteiger partial charge on any atom is 0.293 e. The fourth-order valence-corrected chi connectivity index (χ4v) is 2.33. The summed E-state index contributed by atoms with van der Waals surface area (Å²) in [6.07, 6.45) is 0.940. The summed E-state index contributed by atoms with van der Waals surface area (Å²) in [6, 6.07) is 2.77. The van der Waals surface area contributed by atoms with Crippen LogP contribution < -0.4 is 5.32 Å². The number of nitro benzene ring substituents is 1. The minimum Gasteiger partial charge on any atom is -0.379 e. The van der Waals surface area contributed by atoms with Gasteiger partial charge in [0.25, 0.3) is 5.69 Å². The molecule has 18 heavy (non-hydrogen) atoms. The smallest absolute Gasteiger partial charge is 0.293 e. The Morgan fingerprint density at radius 2 is 2.06 bits per heavy atom. The zero-order chi connectivity index (χ0) is 13.5. The molecular formula is C11H14Cl2N2O2S. The van der Waals surface area contributed by atoms with E-state index in [1.165, 1.54) is 12.1 Å². The Hall–Kier alpha value is -0.650. The number of benzene rings is 1. The van der Waals surface area contributed by atoms with Crippen molar-refractivity contribution in [3.8, 4) is 0 Å². The molecule has 100 valence electrons. The predicted molar refractivity (Wildman–Crippen MR) is 79.2 cm³/mol. The van der Waals surface area contributed by atoms with E-state index in [0.29, 0.717) is 17.3 Å². The van der Waals surface area contributed by atoms with E-state index in [-0.39, 0.29) is 10.7 Å². The second-order valence-corrected chi connectivity index (χ2v) is 5.73. The van der Waals surface area contributed by atoms with Gasteiger partial charge in [0.15, 0.2) is 0 Å². The maximum atomic E-state index is 10.9. The molecule has 1 rings (SSSR count). The van der Waals surface area contributed by atoms with E-state index in [1.807, 2.05) is 11.8 Å². The van der Waals surface area contributed by atoms with Crippen LogP contribution in [0, 0.1) is 10.1 Å². The zero-order valence-corrected chi connectivity index (χ0v) is 12.2. The van der Waals surface area contributed by atoms with Gasteiger partial charge in [0.05, 0.1) is 15.0 Å². The lowest BCUT2D eigenvalue weighted by molar-refractivity contribution is -0.383. The highest BCUT2D eigenvalue weighted by Gasteiger charge is 2.16. The number of nitro groups is 1. The number of nitrogens with zero attached hydrogens (tertiary/aromatic N) is 1. The van der Waals surface area contributed by atoms with Gasteiger partial charge in [0, 0.05) is 12.6 Å². The molecule has 0 aliphatic heterocycles. The molecule has 0 saturated carbocycles. The van der Waals surface area contributed by atoms with Gasteiger partial charge in [-0.3, -0.25) is 10.1 Å². The van der Waals surface area contributed by atoms with Gasteiger partial charge in [0.1, 0.15) is 5.69 Å². The van der Waals surface area contributed by atoms with E-state index in [2.05, 4.69) is 12.2 Å². The van der Waals surface area contributed by atoms with Crippen LogP contribution >= 0.6 is 35.0 Å². The predicted octanol–water partition coefficient (Wildman–Crippen LogP) is 4.46. The Labute approximate surface area is 120 Å². The van der Waals surface area contributed by atoms with Crippen molar-refractivity contribution in [1.82, 2.24) is 0 Å². The SMILES string of the molecule is CCSCCCNc1cc(Cl)c(Cl)cc1[N+](=O)[O-]. The van der Waals surface area contributed by atoms with Crippen molar-refractivity contribution in [2.24, 2.45) is 0 Å². The van der Waals surface area contributed by atoms with Crippen LogP contribution in [0.1, 0.15) is 13.3 Å². The van der Waals surface area contributed by atoms with Gasteiger partial charge in [0.2, 0.25) is 0 Å². The molecule has 1 N–H and O–H groups in total. The third kappa shape index (κ3) is 4.55. The minimum absolute atomic E-state index is 0.0486. The van der Waals surface area contributed by atoms with Gasteiger partial charge in [-0.05, 0) is 24.0 Å². The number of hydrogen-bond donors (Lipinski definition) is 1. The van der Waals surface area contributed by atoms with Crippen LogP contribution in [-0.4, -0.2) is 23.0 Å². The molecule has 0 aliphatic carbocycles. The number of thioether (sulfide) groups is 1. The first-order valence-electron chi connectivity index (χ1n) is 5.51. The Kier molecular flexibility index (Phi) is 6.60. The molecule has 0 fully saturated rings. The molecule has 7 heteroatoms. The number of hydrogen-bond acceptors (Lipinski definition) is 4. The largest absolute Gasteiger partial charge is 0.379 e. The molecule has 4 nitrogen and oxygen atoms in total. The van der Waals surface area contributed by atoms with E-state index in [9.17, 15) is 10.1 Å². The van der Waals surface area contributed by atoms with E-state index in [1.54, 1.807) is 0 Å². The van der Waals surface area contributed by atoms with E-state index < -0.39 is 4.92 Å². The standard InChI is InChI=1S/C11H14Cl2N2O2S/c1-2-18-5-3-4-14-10-6-8(12)9(13)7-11(10)15(16)17/h6-7,14H,2-5H2,1H3. The molecule has 0 bridgehead atoms. The Balaban J connectivity index is 2.68. The molecule has 0 unspecified atom stereocenters. The van der Waals surface area contributed by atoms with Crippen molar-refractivity contribution in [2.45, 2.75) is 13.3 Å². The summed E-state index contributed by atoms with van der Waals surface area (Å²) < 4.78 is 0. The second kappa shape index (κ2) is 7.71. The van der Waals surface area contributed by atoms with Crippen molar-refractivity contribution in [1.29, 1.82) is 0 Å². The molecule has 0 radical (unpaired) electrons. The van der Waals surface area contributed by atoms with Gasteiger partial charge in [-0.2, -0.15) is 11.8 Å². The van der Waals surface area contributed by atoms with Crippen LogP contribution in [0.15, 0.2) is 12.1 Å². The molecule has 0 aromatic heterocycles. The van der Waals surface area contributed by atoms with Crippen molar-refractivity contribution in [3.63, 3.8) is 0 Å². The Bertz CT molecular complexity index is 430. The monoisotopic (exact) mass is 308 g/mol. The van der Waals surface area contributed by atoms with Gasteiger partial charge in [-0.25, -0.2) is 0 Å². The first-order chi connectivity index (χ1) is 8.56. The lowest BCUT2D eigenvalue weighted by Gasteiger charge is -2.08. The lowest BCUT2D eigenvalue weighted by Crippen LogP contribution is -2.05. The van der Waals surface area contributed by atoms with Crippen molar-refractivity contribution >= 4 is 46.3 Å². The second-order valence-electron chi connectivity index (χ2n) is 3.52. The molecule has 0 aliphatic rings. The first kappa shape index (κ1) is 15.4. The fourth-order valence-electron chi connectivity index (χ4n) is 1.37. The van der Waals surface area contributed by atoms with Crippen molar-refractivity contribution in [3.05, 3.63) is 32.3 Å². The van der Waals surface area contributed by atoms with E-state index >= 15 is 0 Å². The van der Waals surface area contributed by atoms with Gasteiger partial charge >= 0.3 is 0 Å². The highest BCUT2D eigenvalue weighted by molar-refractivity contribution is 7.99. The average Bonchev–Trinajstić information content (AvgIpc) is 2.32. The topological polar surface area (TPSA) is 55.2 Å². The van der Waals surface area contributed by atoms with Gasteiger partial charge in [-0.15, -0.1) is 0 Å². The lowest BCUT2D eigenvalue weighted by atomic mass is 10.2. The minimum atomic E-state index is -0.467. The molecule has 0 atom stereocenters. The number of rotatable bonds is 7. The van der Waals surface area contributed by atoms with Crippen LogP contribution in [0.4, 0.5) is 11.4 Å². The zero-order valence-electron chi connectivity index (χ0n) is 9.91. The summed E-state index contributed by atoms with van der Waals surface area (Å²) in [4.78, 5) is 10.4. The van der Waals surface area contributed by atoms with Crippen molar-refractivity contribution < 1.29 is 4.92 Å². The quantitative estimate of drug-likeness (QED) is 0.459. The summed E-state index contributed by atoms with van der Waals surface area (Å²) in [5.41, 5.74) is 0.364. The summed E-state index contributed by atoms with van der Waals surface area (Å²) in [5.74, 6) is 2.10. The molecular weight excluding hydrogens is 295 g/mol. The van der Waals surface area contributed by atoms with Crippen LogP contribution in [0.2, 0.25) is 10.0 Å². The highest BCUT2D eigenvalue weighted by atomic mass is 35.5. The van der Waals surface area contributed by atoms with Crippen LogP contribution in [0.3, 0.4) is 0 Å². The molecule has 0 amide bonds. The normalized spacial score (nSPS) is 10.4. The number of anilines is 1. The molecule has 0 saturated heterocycles. The Morgan fingerprint density at radius 3 is 2.67 bits per heavy atom. The van der Waals surface area contributed by atoms with E-state index in [4.69, 9.17) is 23.2 Å². The molecule has 0 spiro atoms. The van der Waals surface area contributed by atoms with Crippen LogP contribution in [0.5, 0.6) is 0 Å². The summed E-state index contributed by atoms with van der Waals surface area (Å²) >= 11 is 13.5. The summed E-state index contributed by atoms with van der Waals surface area (Å²) in [6.45, 7) is 2.77. The Morgan fingerprint density at radius 1 is 1.39 bits per heavy atom. The summed E-state index contributed by atoms with van der Waals surface area (Å²) in [7, 11) is 0. The maximum absolute atomic E-state index is 10.9. The third-order valence-electron chi connectivity index (χ3n) is 2.22. The number of nitrogens with one attached hydrogen (secondary N) is 1. The average molecular weight is 309 g/mol. The highest BCUT2D eigenvalue weighted by Crippen LogP contribution is 2.33. The molecule has 1 aromatic carbocycles.